The number of hydrogen-bond acceptors (Lipinski definition) is 5. The summed E-state index contributed by atoms with van der Waals surface area (Å²) < 4.78 is 20.3. The van der Waals surface area contributed by atoms with Crippen LogP contribution in [0.25, 0.3) is 16.3 Å². The number of carbonyl (C=O) groups is 1. The van der Waals surface area contributed by atoms with Crippen LogP contribution in [0.1, 0.15) is 11.3 Å². The molecule has 0 saturated carbocycles. The molecule has 1 amide bonds. The number of benzene rings is 2. The van der Waals surface area contributed by atoms with Gasteiger partial charge in [0.2, 0.25) is 10.9 Å². The van der Waals surface area contributed by atoms with E-state index in [0.717, 1.165) is 22.0 Å². The zero-order valence-electron chi connectivity index (χ0n) is 15.8. The van der Waals surface area contributed by atoms with Crippen LogP contribution in [0.15, 0.2) is 53.9 Å². The molecule has 0 atom stereocenters. The molecule has 0 saturated heterocycles. The van der Waals surface area contributed by atoms with Crippen molar-refractivity contribution in [1.29, 1.82) is 0 Å². The van der Waals surface area contributed by atoms with Crippen molar-refractivity contribution in [3.05, 3.63) is 71.0 Å². The molecule has 148 valence electrons. The highest BCUT2D eigenvalue weighted by Crippen LogP contribution is 2.21. The van der Waals surface area contributed by atoms with E-state index in [1.165, 1.54) is 23.5 Å². The van der Waals surface area contributed by atoms with Gasteiger partial charge in [-0.3, -0.25) is 4.79 Å². The van der Waals surface area contributed by atoms with E-state index in [1.807, 2.05) is 29.6 Å². The molecular weight excluding hydrogens is 391 g/mol. The smallest absolute Gasteiger partial charge is 0.224 e. The van der Waals surface area contributed by atoms with Crippen LogP contribution in [0, 0.1) is 5.82 Å². The van der Waals surface area contributed by atoms with Gasteiger partial charge in [0.05, 0.1) is 19.2 Å². The quantitative estimate of drug-likeness (QED) is 0.506. The fraction of sp³-hybridized carbons (Fsp3) is 0.190. The standard InChI is InChI=1S/C21H19FN4O2S/c1-28-18-7-5-14(6-8-18)11-19(27)23-10-9-17-13-29-21-24-20(25-26(17)21)15-3-2-4-16(22)12-15/h2-8,12-13H,9-11H2,1H3,(H,23,27). The number of halogens is 1. The monoisotopic (exact) mass is 410 g/mol. The van der Waals surface area contributed by atoms with Crippen molar-refractivity contribution >= 4 is 22.2 Å². The lowest BCUT2D eigenvalue weighted by Crippen LogP contribution is -2.27. The maximum absolute atomic E-state index is 13.4. The Labute approximate surface area is 171 Å². The highest BCUT2D eigenvalue weighted by molar-refractivity contribution is 7.15. The van der Waals surface area contributed by atoms with Crippen molar-refractivity contribution in [3.8, 4) is 17.1 Å². The maximum atomic E-state index is 13.4. The molecule has 2 heterocycles. The van der Waals surface area contributed by atoms with Gasteiger partial charge in [-0.1, -0.05) is 24.3 Å². The lowest BCUT2D eigenvalue weighted by molar-refractivity contribution is -0.120. The topological polar surface area (TPSA) is 68.5 Å². The summed E-state index contributed by atoms with van der Waals surface area (Å²) in [6.07, 6.45) is 0.941. The molecule has 0 fully saturated rings. The number of fused-ring (bicyclic) bond motifs is 1. The van der Waals surface area contributed by atoms with E-state index in [1.54, 1.807) is 23.8 Å². The Bertz CT molecular complexity index is 1140. The molecule has 8 heteroatoms. The van der Waals surface area contributed by atoms with Crippen LogP contribution in [0.4, 0.5) is 4.39 Å². The molecule has 0 unspecified atom stereocenters. The van der Waals surface area contributed by atoms with E-state index < -0.39 is 0 Å². The Morgan fingerprint density at radius 3 is 2.83 bits per heavy atom. The predicted molar refractivity (Wildman–Crippen MR) is 110 cm³/mol. The van der Waals surface area contributed by atoms with Gasteiger partial charge in [-0.05, 0) is 29.8 Å². The highest BCUT2D eigenvalue weighted by atomic mass is 32.1. The number of methoxy groups -OCH3 is 1. The molecular formula is C21H19FN4O2S. The molecule has 2 aromatic carbocycles. The number of nitrogens with zero attached hydrogens (tertiary/aromatic N) is 3. The normalized spacial score (nSPS) is 11.0. The molecule has 4 rings (SSSR count). The van der Waals surface area contributed by atoms with Crippen LogP contribution in [0.5, 0.6) is 5.75 Å². The van der Waals surface area contributed by atoms with Gasteiger partial charge < -0.3 is 10.1 Å². The third-order valence-electron chi connectivity index (χ3n) is 4.46. The largest absolute Gasteiger partial charge is 0.497 e. The van der Waals surface area contributed by atoms with E-state index in [9.17, 15) is 9.18 Å². The number of hydrogen-bond donors (Lipinski definition) is 1. The van der Waals surface area contributed by atoms with E-state index in [2.05, 4.69) is 15.4 Å². The van der Waals surface area contributed by atoms with Gasteiger partial charge in [0.25, 0.3) is 0 Å². The molecule has 0 aliphatic rings. The lowest BCUT2D eigenvalue weighted by atomic mass is 10.1. The highest BCUT2D eigenvalue weighted by Gasteiger charge is 2.12. The molecule has 6 nitrogen and oxygen atoms in total. The second-order valence-electron chi connectivity index (χ2n) is 6.49. The van der Waals surface area contributed by atoms with Crippen LogP contribution in [0.3, 0.4) is 0 Å². The third-order valence-corrected chi connectivity index (χ3v) is 5.32. The van der Waals surface area contributed by atoms with Gasteiger partial charge >= 0.3 is 0 Å². The van der Waals surface area contributed by atoms with Crippen LogP contribution < -0.4 is 10.1 Å². The Balaban J connectivity index is 1.36. The Morgan fingerprint density at radius 2 is 2.07 bits per heavy atom. The van der Waals surface area contributed by atoms with Crippen LogP contribution in [-0.2, 0) is 17.6 Å². The first-order valence-electron chi connectivity index (χ1n) is 9.11. The number of carbonyl (C=O) groups excluding carboxylic acids is 1. The summed E-state index contributed by atoms with van der Waals surface area (Å²) in [5.41, 5.74) is 2.52. The van der Waals surface area contributed by atoms with Crippen LogP contribution >= 0.6 is 11.3 Å². The van der Waals surface area contributed by atoms with Crippen molar-refractivity contribution in [2.45, 2.75) is 12.8 Å². The number of thiazole rings is 1. The molecule has 0 radical (unpaired) electrons. The van der Waals surface area contributed by atoms with E-state index in [4.69, 9.17) is 4.74 Å². The minimum absolute atomic E-state index is 0.0410. The SMILES string of the molecule is COc1ccc(CC(=O)NCCc2csc3nc(-c4cccc(F)c4)nn23)cc1. The van der Waals surface area contributed by atoms with Crippen molar-refractivity contribution in [2.75, 3.05) is 13.7 Å². The fourth-order valence-electron chi connectivity index (χ4n) is 2.97. The van der Waals surface area contributed by atoms with Crippen molar-refractivity contribution in [1.82, 2.24) is 19.9 Å². The number of nitrogens with one attached hydrogen (secondary N) is 1. The van der Waals surface area contributed by atoms with E-state index in [-0.39, 0.29) is 11.7 Å². The lowest BCUT2D eigenvalue weighted by Gasteiger charge is -2.06. The second kappa shape index (κ2) is 8.40. The number of aromatic nitrogens is 3. The second-order valence-corrected chi connectivity index (χ2v) is 7.33. The minimum Gasteiger partial charge on any atom is -0.497 e. The Kier molecular flexibility index (Phi) is 5.53. The summed E-state index contributed by atoms with van der Waals surface area (Å²) in [6, 6.07) is 13.7. The first-order valence-corrected chi connectivity index (χ1v) is 9.99. The number of ether oxygens (including phenoxy) is 1. The average Bonchev–Trinajstić information content (AvgIpc) is 3.30. The van der Waals surface area contributed by atoms with Gasteiger partial charge in [-0.25, -0.2) is 8.91 Å². The summed E-state index contributed by atoms with van der Waals surface area (Å²) in [5.74, 6) is 0.892. The van der Waals surface area contributed by atoms with Gasteiger partial charge in [-0.2, -0.15) is 4.98 Å². The molecule has 4 aromatic rings. The summed E-state index contributed by atoms with van der Waals surface area (Å²) >= 11 is 1.47. The first-order chi connectivity index (χ1) is 14.1. The summed E-state index contributed by atoms with van der Waals surface area (Å²) in [7, 11) is 1.61. The van der Waals surface area contributed by atoms with Crippen molar-refractivity contribution in [2.24, 2.45) is 0 Å². The molecule has 2 aromatic heterocycles. The summed E-state index contributed by atoms with van der Waals surface area (Å²) in [4.78, 5) is 17.4. The number of rotatable bonds is 7. The van der Waals surface area contributed by atoms with E-state index in [0.29, 0.717) is 30.8 Å². The third kappa shape index (κ3) is 4.43. The van der Waals surface area contributed by atoms with E-state index >= 15 is 0 Å². The van der Waals surface area contributed by atoms with Crippen molar-refractivity contribution in [3.63, 3.8) is 0 Å². The summed E-state index contributed by atoms with van der Waals surface area (Å²) in [6.45, 7) is 0.496. The Morgan fingerprint density at radius 1 is 1.24 bits per heavy atom. The van der Waals surface area contributed by atoms with Gasteiger partial charge in [0.15, 0.2) is 5.82 Å². The Hall–Kier alpha value is -3.26. The molecule has 0 aliphatic heterocycles. The molecule has 1 N–H and O–H groups in total. The fourth-order valence-corrected chi connectivity index (χ4v) is 3.82. The molecule has 29 heavy (non-hydrogen) atoms. The summed E-state index contributed by atoms with van der Waals surface area (Å²) in [5, 5.41) is 9.40. The number of amides is 1. The van der Waals surface area contributed by atoms with Gasteiger partial charge in [0, 0.05) is 23.9 Å². The molecule has 0 aliphatic carbocycles. The molecule has 0 bridgehead atoms. The first kappa shape index (κ1) is 19.1. The maximum Gasteiger partial charge on any atom is 0.224 e. The van der Waals surface area contributed by atoms with Crippen molar-refractivity contribution < 1.29 is 13.9 Å². The average molecular weight is 410 g/mol. The van der Waals surface area contributed by atoms with Gasteiger partial charge in [-0.15, -0.1) is 16.4 Å². The van der Waals surface area contributed by atoms with Gasteiger partial charge in [0.1, 0.15) is 11.6 Å². The zero-order chi connectivity index (χ0) is 20.2. The molecule has 0 spiro atoms. The predicted octanol–water partition coefficient (Wildman–Crippen LogP) is 3.51. The zero-order valence-corrected chi connectivity index (χ0v) is 16.6. The van der Waals surface area contributed by atoms with Crippen LogP contribution in [-0.4, -0.2) is 34.2 Å². The minimum atomic E-state index is -0.319. The van der Waals surface area contributed by atoms with Crippen LogP contribution in [0.2, 0.25) is 0 Å².